The summed E-state index contributed by atoms with van der Waals surface area (Å²) in [6, 6.07) is 0. The number of fused-ring (bicyclic) bond motifs is 2. The van der Waals surface area contributed by atoms with Gasteiger partial charge in [-0.3, -0.25) is 4.79 Å². The predicted molar refractivity (Wildman–Crippen MR) is 63.1 cm³/mol. The van der Waals surface area contributed by atoms with Crippen molar-refractivity contribution in [3.05, 3.63) is 0 Å². The number of carboxylic acids is 1. The van der Waals surface area contributed by atoms with E-state index in [9.17, 15) is 14.7 Å². The number of likely N-dealkylation sites (N-methyl/N-ethyl adjacent to an activating group) is 1. The molecule has 1 N–H and O–H groups in total. The molecule has 3 fully saturated rings. The molecule has 3 aliphatic heterocycles. The zero-order valence-electron chi connectivity index (χ0n) is 11.1. The van der Waals surface area contributed by atoms with Gasteiger partial charge in [0.15, 0.2) is 0 Å². The van der Waals surface area contributed by atoms with Gasteiger partial charge in [0.1, 0.15) is 0 Å². The molecule has 6 heteroatoms. The van der Waals surface area contributed by atoms with Crippen molar-refractivity contribution < 1.29 is 24.3 Å². The molecule has 2 unspecified atom stereocenters. The quantitative estimate of drug-likeness (QED) is 0.575. The number of hydrogen-bond donors (Lipinski definition) is 1. The van der Waals surface area contributed by atoms with Gasteiger partial charge in [0.2, 0.25) is 5.91 Å². The largest absolute Gasteiger partial charge is 0.550 e. The molecule has 4 atom stereocenters. The molecule has 3 saturated heterocycles. The Kier molecular flexibility index (Phi) is 3.22. The highest BCUT2D eigenvalue weighted by atomic mass is 16.5. The van der Waals surface area contributed by atoms with Crippen molar-refractivity contribution in [2.45, 2.75) is 25.0 Å². The fourth-order valence-electron chi connectivity index (χ4n) is 3.61. The minimum Gasteiger partial charge on any atom is -0.550 e. The van der Waals surface area contributed by atoms with Crippen molar-refractivity contribution in [3.8, 4) is 0 Å². The predicted octanol–water partition coefficient (Wildman–Crippen LogP) is -3.11. The maximum absolute atomic E-state index is 12.6. The van der Waals surface area contributed by atoms with Gasteiger partial charge in [-0.05, 0) is 12.8 Å². The van der Waals surface area contributed by atoms with E-state index >= 15 is 0 Å². The van der Waals surface area contributed by atoms with Gasteiger partial charge in [-0.15, -0.1) is 0 Å². The summed E-state index contributed by atoms with van der Waals surface area (Å²) < 4.78 is 5.62. The lowest BCUT2D eigenvalue weighted by Gasteiger charge is -2.35. The average molecular weight is 268 g/mol. The first-order valence-corrected chi connectivity index (χ1v) is 7.04. The van der Waals surface area contributed by atoms with Crippen molar-refractivity contribution in [3.63, 3.8) is 0 Å². The topological polar surface area (TPSA) is 74.1 Å². The first-order chi connectivity index (χ1) is 9.08. The van der Waals surface area contributed by atoms with E-state index < -0.39 is 17.8 Å². The van der Waals surface area contributed by atoms with Gasteiger partial charge in [0.05, 0.1) is 51.4 Å². The molecule has 1 amide bonds. The first-order valence-electron chi connectivity index (χ1n) is 7.04. The number of carbonyl (C=O) groups is 2. The maximum atomic E-state index is 12.6. The van der Waals surface area contributed by atoms with Crippen LogP contribution in [0.1, 0.15) is 12.8 Å². The molecule has 3 aliphatic rings. The number of carboxylic acid groups (broad SMARTS) is 1. The number of nitrogens with zero attached hydrogens (tertiary/aromatic N) is 1. The Balaban J connectivity index is 1.73. The van der Waals surface area contributed by atoms with E-state index in [-0.39, 0.29) is 18.1 Å². The Labute approximate surface area is 112 Å². The van der Waals surface area contributed by atoms with Gasteiger partial charge in [-0.2, -0.15) is 0 Å². The van der Waals surface area contributed by atoms with Crippen molar-refractivity contribution in [1.82, 2.24) is 4.90 Å². The summed E-state index contributed by atoms with van der Waals surface area (Å²) in [5, 5.41) is 11.3. The molecule has 2 bridgehead atoms. The second kappa shape index (κ2) is 4.76. The highest BCUT2D eigenvalue weighted by Crippen LogP contribution is 2.44. The summed E-state index contributed by atoms with van der Waals surface area (Å²) in [7, 11) is 2.10. The second-order valence-electron chi connectivity index (χ2n) is 5.94. The van der Waals surface area contributed by atoms with Crippen LogP contribution in [0.2, 0.25) is 0 Å². The third kappa shape index (κ3) is 2.12. The van der Waals surface area contributed by atoms with Crippen molar-refractivity contribution in [2.24, 2.45) is 11.8 Å². The third-order valence-corrected chi connectivity index (χ3v) is 4.76. The van der Waals surface area contributed by atoms with Gasteiger partial charge < -0.3 is 24.4 Å². The van der Waals surface area contributed by atoms with Gasteiger partial charge in [0, 0.05) is 11.9 Å². The molecule has 19 heavy (non-hydrogen) atoms. The summed E-state index contributed by atoms with van der Waals surface area (Å²) in [4.78, 5) is 27.0. The number of aliphatic carboxylic acids is 1. The first kappa shape index (κ1) is 12.9. The lowest BCUT2D eigenvalue weighted by atomic mass is 9.78. The molecule has 0 saturated carbocycles. The number of amides is 1. The zero-order chi connectivity index (χ0) is 13.6. The minimum atomic E-state index is -1.13. The summed E-state index contributed by atoms with van der Waals surface area (Å²) in [6.07, 6.45) is 0.999. The van der Waals surface area contributed by atoms with Crippen LogP contribution < -0.4 is 10.0 Å². The number of quaternary nitrogens is 1. The molecule has 106 valence electrons. The lowest BCUT2D eigenvalue weighted by Crippen LogP contribution is -3.12. The van der Waals surface area contributed by atoms with E-state index in [4.69, 9.17) is 4.74 Å². The van der Waals surface area contributed by atoms with Gasteiger partial charge >= 0.3 is 0 Å². The molecule has 0 radical (unpaired) electrons. The van der Waals surface area contributed by atoms with Crippen LogP contribution in [-0.4, -0.2) is 62.2 Å². The molecule has 6 nitrogen and oxygen atoms in total. The normalized spacial score (nSPS) is 38.7. The van der Waals surface area contributed by atoms with Crippen LogP contribution >= 0.6 is 0 Å². The Morgan fingerprint density at radius 2 is 1.74 bits per heavy atom. The van der Waals surface area contributed by atoms with Crippen LogP contribution in [0.5, 0.6) is 0 Å². The van der Waals surface area contributed by atoms with Crippen LogP contribution in [0.3, 0.4) is 0 Å². The Bertz CT molecular complexity index is 392. The fraction of sp³-hybridized carbons (Fsp3) is 0.846. The Hall–Kier alpha value is -1.14. The molecule has 3 heterocycles. The third-order valence-electron chi connectivity index (χ3n) is 4.76. The van der Waals surface area contributed by atoms with E-state index in [0.717, 1.165) is 25.9 Å². The van der Waals surface area contributed by atoms with Crippen molar-refractivity contribution in [2.75, 3.05) is 33.2 Å². The van der Waals surface area contributed by atoms with E-state index in [0.29, 0.717) is 13.1 Å². The SMILES string of the molecule is C[NH+]1CCN(C(=O)C2C(C(=O)[O-])[C@H]3CC[C@@H]2O3)CC1. The summed E-state index contributed by atoms with van der Waals surface area (Å²) in [5.41, 5.74) is 0. The average Bonchev–Trinajstić information content (AvgIpc) is 2.98. The number of ether oxygens (including phenoxy) is 1. The van der Waals surface area contributed by atoms with E-state index in [1.807, 2.05) is 0 Å². The molecular weight excluding hydrogens is 248 g/mol. The molecule has 0 aromatic carbocycles. The molecule has 0 spiro atoms. The van der Waals surface area contributed by atoms with E-state index in [2.05, 4.69) is 7.05 Å². The summed E-state index contributed by atoms with van der Waals surface area (Å²) in [5.74, 6) is -2.46. The summed E-state index contributed by atoms with van der Waals surface area (Å²) in [6.45, 7) is 3.25. The van der Waals surface area contributed by atoms with Crippen LogP contribution in [0.15, 0.2) is 0 Å². The highest BCUT2D eigenvalue weighted by molar-refractivity contribution is 5.86. The van der Waals surface area contributed by atoms with E-state index in [1.54, 1.807) is 4.90 Å². The van der Waals surface area contributed by atoms with Crippen molar-refractivity contribution >= 4 is 11.9 Å². The fourth-order valence-corrected chi connectivity index (χ4v) is 3.61. The monoisotopic (exact) mass is 268 g/mol. The van der Waals surface area contributed by atoms with Crippen molar-refractivity contribution in [1.29, 1.82) is 0 Å². The van der Waals surface area contributed by atoms with Gasteiger partial charge in [-0.1, -0.05) is 0 Å². The van der Waals surface area contributed by atoms with Gasteiger partial charge in [-0.25, -0.2) is 0 Å². The standard InChI is InChI=1S/C13H20N2O4/c1-14-4-6-15(7-5-14)12(16)10-8-2-3-9(19-8)11(10)13(17)18/h8-11H,2-7H2,1H3,(H,17,18)/t8-,9+,10?,11?/m0/s1. The highest BCUT2D eigenvalue weighted by Gasteiger charge is 2.53. The van der Waals surface area contributed by atoms with E-state index in [1.165, 1.54) is 4.90 Å². The second-order valence-corrected chi connectivity index (χ2v) is 5.94. The number of carbonyl (C=O) groups excluding carboxylic acids is 2. The lowest BCUT2D eigenvalue weighted by molar-refractivity contribution is -0.883. The smallest absolute Gasteiger partial charge is 0.229 e. The zero-order valence-corrected chi connectivity index (χ0v) is 11.1. The Morgan fingerprint density at radius 1 is 1.16 bits per heavy atom. The minimum absolute atomic E-state index is 0.0473. The molecule has 3 rings (SSSR count). The number of rotatable bonds is 2. The number of nitrogens with one attached hydrogen (secondary N) is 1. The Morgan fingerprint density at radius 3 is 2.32 bits per heavy atom. The molecule has 0 aromatic heterocycles. The van der Waals surface area contributed by atoms with Crippen LogP contribution in [0.25, 0.3) is 0 Å². The van der Waals surface area contributed by atoms with Gasteiger partial charge in [0.25, 0.3) is 0 Å². The molecular formula is C13H20N2O4. The molecule has 0 aromatic rings. The van der Waals surface area contributed by atoms with Crippen LogP contribution in [0.4, 0.5) is 0 Å². The van der Waals surface area contributed by atoms with Crippen LogP contribution in [0, 0.1) is 11.8 Å². The molecule has 0 aliphatic carbocycles. The van der Waals surface area contributed by atoms with Crippen LogP contribution in [-0.2, 0) is 14.3 Å². The summed E-state index contributed by atoms with van der Waals surface area (Å²) >= 11 is 0. The number of piperazine rings is 1. The maximum Gasteiger partial charge on any atom is 0.229 e. The number of hydrogen-bond acceptors (Lipinski definition) is 4.